The highest BCUT2D eigenvalue weighted by Crippen LogP contribution is 2.21. The van der Waals surface area contributed by atoms with Gasteiger partial charge in [-0.25, -0.2) is 0 Å². The third-order valence-electron chi connectivity index (χ3n) is 3.58. The van der Waals surface area contributed by atoms with E-state index in [0.29, 0.717) is 5.69 Å². The van der Waals surface area contributed by atoms with Crippen LogP contribution in [0.15, 0.2) is 30.3 Å². The zero-order chi connectivity index (χ0) is 16.1. The Balaban J connectivity index is 2.14. The first-order chi connectivity index (χ1) is 10.6. The molecule has 22 heavy (non-hydrogen) atoms. The Morgan fingerprint density at radius 1 is 1.41 bits per heavy atom. The summed E-state index contributed by atoms with van der Waals surface area (Å²) in [6, 6.07) is 9.55. The monoisotopic (exact) mass is 319 g/mol. The standard InChI is InChI=1S/C16H21N3O2S/c1-11(10-22-4)19(2)16(20)15-9-14(17-18-15)12-5-7-13(21-3)8-6-12/h5-9,11H,10H2,1-4H3,(H,17,18)/t11-/m0/s1. The number of hydrogen-bond acceptors (Lipinski definition) is 4. The largest absolute Gasteiger partial charge is 0.497 e. The molecule has 0 aliphatic carbocycles. The molecule has 0 aliphatic heterocycles. The number of hydrogen-bond donors (Lipinski definition) is 1. The Labute approximate surface area is 135 Å². The van der Waals surface area contributed by atoms with Crippen molar-refractivity contribution >= 4 is 17.7 Å². The summed E-state index contributed by atoms with van der Waals surface area (Å²) in [7, 11) is 3.45. The topological polar surface area (TPSA) is 58.2 Å². The van der Waals surface area contributed by atoms with Crippen LogP contribution >= 0.6 is 11.8 Å². The van der Waals surface area contributed by atoms with E-state index in [1.54, 1.807) is 29.8 Å². The lowest BCUT2D eigenvalue weighted by molar-refractivity contribution is 0.0751. The number of nitrogens with zero attached hydrogens (tertiary/aromatic N) is 2. The van der Waals surface area contributed by atoms with Gasteiger partial charge >= 0.3 is 0 Å². The quantitative estimate of drug-likeness (QED) is 0.889. The van der Waals surface area contributed by atoms with E-state index in [0.717, 1.165) is 22.8 Å². The number of methoxy groups -OCH3 is 1. The van der Waals surface area contributed by atoms with Crippen LogP contribution in [0.4, 0.5) is 0 Å². The molecule has 1 aromatic carbocycles. The number of carbonyl (C=O) groups is 1. The van der Waals surface area contributed by atoms with E-state index in [9.17, 15) is 4.79 Å². The fraction of sp³-hybridized carbons (Fsp3) is 0.375. The minimum Gasteiger partial charge on any atom is -0.497 e. The molecule has 1 amide bonds. The van der Waals surface area contributed by atoms with Crippen molar-refractivity contribution in [3.05, 3.63) is 36.0 Å². The minimum atomic E-state index is -0.0474. The zero-order valence-corrected chi connectivity index (χ0v) is 14.1. The lowest BCUT2D eigenvalue weighted by atomic mass is 10.1. The SMILES string of the molecule is COc1ccc(-c2cc(C(=O)N(C)[C@@H](C)CSC)[nH]n2)cc1. The number of H-pyrrole nitrogens is 1. The molecule has 0 bridgehead atoms. The second-order valence-corrected chi connectivity index (χ2v) is 6.03. The molecule has 2 aromatic rings. The van der Waals surface area contributed by atoms with Gasteiger partial charge in [-0.05, 0) is 43.5 Å². The number of thioether (sulfide) groups is 1. The van der Waals surface area contributed by atoms with E-state index in [1.807, 2.05) is 44.5 Å². The number of aromatic nitrogens is 2. The number of amides is 1. The van der Waals surface area contributed by atoms with Crippen molar-refractivity contribution in [3.63, 3.8) is 0 Å². The second-order valence-electron chi connectivity index (χ2n) is 5.12. The third kappa shape index (κ3) is 3.62. The van der Waals surface area contributed by atoms with E-state index in [1.165, 1.54) is 0 Å². The molecule has 1 heterocycles. The predicted octanol–water partition coefficient (Wildman–Crippen LogP) is 2.91. The molecule has 1 N–H and O–H groups in total. The Bertz CT molecular complexity index is 625. The Hall–Kier alpha value is -1.95. The summed E-state index contributed by atoms with van der Waals surface area (Å²) in [6.45, 7) is 2.04. The van der Waals surface area contributed by atoms with Gasteiger partial charge in [-0.1, -0.05) is 0 Å². The maximum Gasteiger partial charge on any atom is 0.271 e. The number of nitrogens with one attached hydrogen (secondary N) is 1. The molecule has 1 atom stereocenters. The number of ether oxygens (including phenoxy) is 1. The van der Waals surface area contributed by atoms with Gasteiger partial charge in [0.2, 0.25) is 0 Å². The molecule has 5 nitrogen and oxygen atoms in total. The fourth-order valence-electron chi connectivity index (χ4n) is 2.08. The van der Waals surface area contributed by atoms with Crippen LogP contribution in [-0.2, 0) is 0 Å². The van der Waals surface area contributed by atoms with Gasteiger partial charge in [0.15, 0.2) is 0 Å². The van der Waals surface area contributed by atoms with Crippen LogP contribution in [0, 0.1) is 0 Å². The Morgan fingerprint density at radius 2 is 2.09 bits per heavy atom. The average molecular weight is 319 g/mol. The zero-order valence-electron chi connectivity index (χ0n) is 13.3. The first-order valence-electron chi connectivity index (χ1n) is 7.02. The van der Waals surface area contributed by atoms with Crippen molar-refractivity contribution < 1.29 is 9.53 Å². The lowest BCUT2D eigenvalue weighted by Gasteiger charge is -2.23. The van der Waals surface area contributed by atoms with E-state index >= 15 is 0 Å². The summed E-state index contributed by atoms with van der Waals surface area (Å²) in [5.41, 5.74) is 2.19. The van der Waals surface area contributed by atoms with Crippen LogP contribution in [0.5, 0.6) is 5.75 Å². The molecule has 0 saturated heterocycles. The third-order valence-corrected chi connectivity index (χ3v) is 4.40. The highest BCUT2D eigenvalue weighted by molar-refractivity contribution is 7.98. The van der Waals surface area contributed by atoms with Gasteiger partial charge in [0.05, 0.1) is 12.8 Å². The molecule has 118 valence electrons. The molecule has 0 aliphatic rings. The van der Waals surface area contributed by atoms with Crippen LogP contribution < -0.4 is 4.74 Å². The molecule has 0 saturated carbocycles. The van der Waals surface area contributed by atoms with E-state index in [-0.39, 0.29) is 11.9 Å². The molecule has 0 unspecified atom stereocenters. The molecule has 0 spiro atoms. The molecule has 1 aromatic heterocycles. The van der Waals surface area contributed by atoms with Crippen molar-refractivity contribution in [2.45, 2.75) is 13.0 Å². The van der Waals surface area contributed by atoms with Crippen LogP contribution in [0.1, 0.15) is 17.4 Å². The van der Waals surface area contributed by atoms with Crippen LogP contribution in [0.25, 0.3) is 11.3 Å². The van der Waals surface area contributed by atoms with Gasteiger partial charge in [-0.3, -0.25) is 9.89 Å². The number of aromatic amines is 1. The summed E-state index contributed by atoms with van der Waals surface area (Å²) in [6.07, 6.45) is 2.03. The van der Waals surface area contributed by atoms with Gasteiger partial charge in [-0.2, -0.15) is 16.9 Å². The molecule has 6 heteroatoms. The van der Waals surface area contributed by atoms with Gasteiger partial charge in [0.25, 0.3) is 5.91 Å². The molecule has 0 fully saturated rings. The van der Waals surface area contributed by atoms with Crippen LogP contribution in [-0.4, -0.2) is 53.2 Å². The molecular weight excluding hydrogens is 298 g/mol. The number of benzene rings is 1. The second kappa shape index (κ2) is 7.35. The summed E-state index contributed by atoms with van der Waals surface area (Å²) in [5.74, 6) is 1.65. The van der Waals surface area contributed by atoms with Gasteiger partial charge in [0, 0.05) is 24.4 Å². The van der Waals surface area contributed by atoms with E-state index < -0.39 is 0 Å². The first kappa shape index (κ1) is 16.4. The van der Waals surface area contributed by atoms with Crippen LogP contribution in [0.2, 0.25) is 0 Å². The fourth-order valence-corrected chi connectivity index (χ4v) is 2.79. The van der Waals surface area contributed by atoms with Crippen molar-refractivity contribution in [2.24, 2.45) is 0 Å². The van der Waals surface area contributed by atoms with E-state index in [4.69, 9.17) is 4.74 Å². The van der Waals surface area contributed by atoms with Crippen molar-refractivity contribution in [1.29, 1.82) is 0 Å². The van der Waals surface area contributed by atoms with E-state index in [2.05, 4.69) is 10.2 Å². The normalized spacial score (nSPS) is 12.0. The van der Waals surface area contributed by atoms with Gasteiger partial charge in [-0.15, -0.1) is 0 Å². The van der Waals surface area contributed by atoms with Gasteiger partial charge in [0.1, 0.15) is 11.4 Å². The summed E-state index contributed by atoms with van der Waals surface area (Å²) >= 11 is 1.72. The number of carbonyl (C=O) groups excluding carboxylic acids is 1. The van der Waals surface area contributed by atoms with Crippen molar-refractivity contribution in [2.75, 3.05) is 26.2 Å². The summed E-state index contributed by atoms with van der Waals surface area (Å²) < 4.78 is 5.14. The first-order valence-corrected chi connectivity index (χ1v) is 8.42. The summed E-state index contributed by atoms with van der Waals surface area (Å²) in [4.78, 5) is 14.2. The smallest absolute Gasteiger partial charge is 0.271 e. The lowest BCUT2D eigenvalue weighted by Crippen LogP contribution is -2.36. The minimum absolute atomic E-state index is 0.0474. The Morgan fingerprint density at radius 3 is 2.68 bits per heavy atom. The van der Waals surface area contributed by atoms with Gasteiger partial charge < -0.3 is 9.64 Å². The van der Waals surface area contributed by atoms with Crippen molar-refractivity contribution in [1.82, 2.24) is 15.1 Å². The maximum absolute atomic E-state index is 12.4. The highest BCUT2D eigenvalue weighted by atomic mass is 32.2. The summed E-state index contributed by atoms with van der Waals surface area (Å²) in [5, 5.41) is 7.06. The molecular formula is C16H21N3O2S. The molecule has 2 rings (SSSR count). The maximum atomic E-state index is 12.4. The van der Waals surface area contributed by atoms with Crippen LogP contribution in [0.3, 0.4) is 0 Å². The Kier molecular flexibility index (Phi) is 5.49. The highest BCUT2D eigenvalue weighted by Gasteiger charge is 2.19. The predicted molar refractivity (Wildman–Crippen MR) is 90.5 cm³/mol. The molecule has 0 radical (unpaired) electrons. The van der Waals surface area contributed by atoms with Crippen molar-refractivity contribution in [3.8, 4) is 17.0 Å². The average Bonchev–Trinajstić information content (AvgIpc) is 3.03. The number of rotatable bonds is 6.